The number of carbonyl (C=O) groups excluding carboxylic acids is 1. The highest BCUT2D eigenvalue weighted by molar-refractivity contribution is 6.30. The molecule has 3 aromatic rings. The lowest BCUT2D eigenvalue weighted by molar-refractivity contribution is -0.126. The Morgan fingerprint density at radius 3 is 2.79 bits per heavy atom. The maximum Gasteiger partial charge on any atom is 0.272 e. The molecule has 3 heterocycles. The fourth-order valence-corrected chi connectivity index (χ4v) is 3.27. The van der Waals surface area contributed by atoms with Crippen LogP contribution in [0.4, 0.5) is 0 Å². The van der Waals surface area contributed by atoms with Crippen molar-refractivity contribution in [3.05, 3.63) is 57.5 Å². The lowest BCUT2D eigenvalue weighted by Gasteiger charge is -2.09. The van der Waals surface area contributed by atoms with E-state index in [-0.39, 0.29) is 17.4 Å². The van der Waals surface area contributed by atoms with E-state index in [4.69, 9.17) is 11.6 Å². The second-order valence-corrected chi connectivity index (χ2v) is 6.50. The summed E-state index contributed by atoms with van der Waals surface area (Å²) in [6, 6.07) is 10.7. The molecule has 24 heavy (non-hydrogen) atoms. The second-order valence-electron chi connectivity index (χ2n) is 6.07. The van der Waals surface area contributed by atoms with Gasteiger partial charge in [0.05, 0.1) is 11.4 Å². The van der Waals surface area contributed by atoms with Gasteiger partial charge in [-0.2, -0.15) is 0 Å². The largest absolute Gasteiger partial charge is 0.345 e. The molecule has 7 heteroatoms. The number of amides is 1. The Kier molecular flexibility index (Phi) is 3.42. The van der Waals surface area contributed by atoms with Crippen LogP contribution in [-0.4, -0.2) is 39.0 Å². The number of halogens is 1. The number of rotatable bonds is 2. The van der Waals surface area contributed by atoms with E-state index in [1.807, 2.05) is 24.3 Å². The van der Waals surface area contributed by atoms with Gasteiger partial charge in [-0.05, 0) is 12.1 Å². The number of nitrogens with zero attached hydrogens (tertiary/aromatic N) is 3. The predicted octanol–water partition coefficient (Wildman–Crippen LogP) is 2.29. The Morgan fingerprint density at radius 1 is 1.25 bits per heavy atom. The van der Waals surface area contributed by atoms with Crippen LogP contribution in [0, 0.1) is 0 Å². The van der Waals surface area contributed by atoms with Gasteiger partial charge >= 0.3 is 0 Å². The molecule has 6 nitrogen and oxygen atoms in total. The molecule has 1 aromatic carbocycles. The number of nitrogens with one attached hydrogen (secondary N) is 1. The van der Waals surface area contributed by atoms with Crippen molar-refractivity contribution in [2.75, 3.05) is 13.6 Å². The Morgan fingerprint density at radius 2 is 2.08 bits per heavy atom. The van der Waals surface area contributed by atoms with Gasteiger partial charge in [0, 0.05) is 48.6 Å². The summed E-state index contributed by atoms with van der Waals surface area (Å²) in [7, 11) is 1.77. The monoisotopic (exact) mass is 342 g/mol. The zero-order valence-electron chi connectivity index (χ0n) is 13.0. The summed E-state index contributed by atoms with van der Waals surface area (Å²) in [5, 5.41) is 3.67. The SMILES string of the molecule is CN1C[C@@H](c2cc(=O)n3[nH]c(-c4cccc(Cl)c4)cc3n2)CC1=O. The minimum atomic E-state index is -0.190. The number of likely N-dealkylation sites (tertiary alicyclic amines) is 1. The zero-order valence-corrected chi connectivity index (χ0v) is 13.7. The third-order valence-corrected chi connectivity index (χ3v) is 4.60. The van der Waals surface area contributed by atoms with Crippen molar-refractivity contribution in [3.8, 4) is 11.3 Å². The van der Waals surface area contributed by atoms with Crippen LogP contribution in [0.15, 0.2) is 41.2 Å². The molecule has 0 radical (unpaired) electrons. The zero-order chi connectivity index (χ0) is 16.8. The molecule has 1 aliphatic rings. The lowest BCUT2D eigenvalue weighted by atomic mass is 10.0. The maximum absolute atomic E-state index is 12.4. The van der Waals surface area contributed by atoms with Crippen molar-refractivity contribution in [1.29, 1.82) is 0 Å². The Labute approximate surface area is 142 Å². The van der Waals surface area contributed by atoms with E-state index >= 15 is 0 Å². The van der Waals surface area contributed by atoms with Crippen LogP contribution in [0.25, 0.3) is 16.9 Å². The van der Waals surface area contributed by atoms with Gasteiger partial charge in [0.1, 0.15) is 0 Å². The third kappa shape index (κ3) is 2.49. The summed E-state index contributed by atoms with van der Waals surface area (Å²) in [4.78, 5) is 30.4. The standard InChI is InChI=1S/C17H15ClN4O2/c1-21-9-11(6-16(21)23)13-8-17(24)22-15(19-13)7-14(20-22)10-3-2-4-12(18)5-10/h2-5,7-8,11,20H,6,9H2,1H3/t11-/m0/s1. The van der Waals surface area contributed by atoms with Crippen molar-refractivity contribution in [3.63, 3.8) is 0 Å². The molecule has 0 unspecified atom stereocenters. The first-order valence-electron chi connectivity index (χ1n) is 7.64. The molecule has 0 spiro atoms. The molecule has 0 aliphatic carbocycles. The van der Waals surface area contributed by atoms with Gasteiger partial charge in [-0.3, -0.25) is 14.7 Å². The van der Waals surface area contributed by atoms with Gasteiger partial charge in [-0.15, -0.1) is 0 Å². The molecular weight excluding hydrogens is 328 g/mol. The molecule has 1 aliphatic heterocycles. The van der Waals surface area contributed by atoms with Gasteiger partial charge in [0.25, 0.3) is 5.56 Å². The van der Waals surface area contributed by atoms with Crippen LogP contribution in [0.3, 0.4) is 0 Å². The predicted molar refractivity (Wildman–Crippen MR) is 91.3 cm³/mol. The fraction of sp³-hybridized carbons (Fsp3) is 0.235. The molecule has 4 rings (SSSR count). The normalized spacial score (nSPS) is 17.8. The number of hydrogen-bond acceptors (Lipinski definition) is 3. The molecule has 122 valence electrons. The Bertz CT molecular complexity index is 1010. The second kappa shape index (κ2) is 5.49. The van der Waals surface area contributed by atoms with E-state index in [2.05, 4.69) is 10.1 Å². The highest BCUT2D eigenvalue weighted by Crippen LogP contribution is 2.26. The number of H-pyrrole nitrogens is 1. The van der Waals surface area contributed by atoms with E-state index < -0.39 is 0 Å². The van der Waals surface area contributed by atoms with E-state index in [1.165, 1.54) is 10.6 Å². The lowest BCUT2D eigenvalue weighted by Crippen LogP contribution is -2.20. The number of benzene rings is 1. The number of hydrogen-bond donors (Lipinski definition) is 1. The summed E-state index contributed by atoms with van der Waals surface area (Å²) in [5.41, 5.74) is 2.65. The van der Waals surface area contributed by atoms with E-state index in [9.17, 15) is 9.59 Å². The van der Waals surface area contributed by atoms with E-state index in [0.717, 1.165) is 11.3 Å². The third-order valence-electron chi connectivity index (χ3n) is 4.37. The number of likely N-dealkylation sites (N-methyl/N-ethyl adjacent to an activating group) is 1. The number of aromatic nitrogens is 3. The minimum absolute atomic E-state index is 0.0373. The van der Waals surface area contributed by atoms with Crippen LogP contribution in [-0.2, 0) is 4.79 Å². The molecule has 1 saturated heterocycles. The maximum atomic E-state index is 12.4. The van der Waals surface area contributed by atoms with Gasteiger partial charge in [0.15, 0.2) is 5.65 Å². The number of carbonyl (C=O) groups is 1. The van der Waals surface area contributed by atoms with Crippen molar-refractivity contribution in [1.82, 2.24) is 19.5 Å². The molecule has 1 atom stereocenters. The molecular formula is C17H15ClN4O2. The fourth-order valence-electron chi connectivity index (χ4n) is 3.08. The van der Waals surface area contributed by atoms with Crippen LogP contribution in [0.1, 0.15) is 18.0 Å². The highest BCUT2D eigenvalue weighted by Gasteiger charge is 2.29. The van der Waals surface area contributed by atoms with Gasteiger partial charge < -0.3 is 4.90 Å². The highest BCUT2D eigenvalue weighted by atomic mass is 35.5. The average Bonchev–Trinajstić information content (AvgIpc) is 3.12. The van der Waals surface area contributed by atoms with Gasteiger partial charge in [-0.25, -0.2) is 9.50 Å². The van der Waals surface area contributed by atoms with Crippen LogP contribution < -0.4 is 5.56 Å². The van der Waals surface area contributed by atoms with E-state index in [0.29, 0.717) is 29.3 Å². The van der Waals surface area contributed by atoms with Crippen molar-refractivity contribution >= 4 is 23.2 Å². The molecule has 1 fully saturated rings. The van der Waals surface area contributed by atoms with Gasteiger partial charge in [-0.1, -0.05) is 23.7 Å². The summed E-state index contributed by atoms with van der Waals surface area (Å²) < 4.78 is 1.40. The van der Waals surface area contributed by atoms with Crippen LogP contribution >= 0.6 is 11.6 Å². The van der Waals surface area contributed by atoms with Crippen molar-refractivity contribution in [2.24, 2.45) is 0 Å². The Balaban J connectivity index is 1.79. The van der Waals surface area contributed by atoms with Crippen molar-refractivity contribution in [2.45, 2.75) is 12.3 Å². The average molecular weight is 343 g/mol. The van der Waals surface area contributed by atoms with Crippen molar-refractivity contribution < 1.29 is 4.79 Å². The summed E-state index contributed by atoms with van der Waals surface area (Å²) in [6.45, 7) is 0.590. The number of aromatic amines is 1. The first-order valence-corrected chi connectivity index (χ1v) is 8.02. The molecule has 1 N–H and O–H groups in total. The molecule has 1 amide bonds. The smallest absolute Gasteiger partial charge is 0.272 e. The topological polar surface area (TPSA) is 70.5 Å². The molecule has 2 aromatic heterocycles. The summed E-state index contributed by atoms with van der Waals surface area (Å²) in [5.74, 6) is 0.0420. The van der Waals surface area contributed by atoms with Gasteiger partial charge in [0.2, 0.25) is 5.91 Å². The first-order chi connectivity index (χ1) is 11.5. The van der Waals surface area contributed by atoms with E-state index in [1.54, 1.807) is 18.0 Å². The summed E-state index contributed by atoms with van der Waals surface area (Å²) >= 11 is 6.03. The molecule has 0 saturated carbocycles. The number of fused-ring (bicyclic) bond motifs is 1. The first kappa shape index (κ1) is 15.0. The van der Waals surface area contributed by atoms with Crippen LogP contribution in [0.2, 0.25) is 5.02 Å². The Hall–Kier alpha value is -2.60. The summed E-state index contributed by atoms with van der Waals surface area (Å²) in [6.07, 6.45) is 0.394. The molecule has 0 bridgehead atoms. The quantitative estimate of drug-likeness (QED) is 0.776. The minimum Gasteiger partial charge on any atom is -0.345 e. The van der Waals surface area contributed by atoms with Crippen LogP contribution in [0.5, 0.6) is 0 Å².